The number of carboxylic acid groups (broad SMARTS) is 1. The van der Waals surface area contributed by atoms with Crippen LogP contribution in [0, 0.1) is 0 Å². The maximum Gasteiger partial charge on any atom is 0.416 e. The largest absolute Gasteiger partial charge is 0.479 e. The van der Waals surface area contributed by atoms with Crippen LogP contribution in [0.4, 0.5) is 13.2 Å². The highest BCUT2D eigenvalue weighted by Crippen LogP contribution is 2.32. The van der Waals surface area contributed by atoms with E-state index in [1.165, 1.54) is 17.0 Å². The quantitative estimate of drug-likeness (QED) is 0.911. The Labute approximate surface area is 137 Å². The monoisotopic (exact) mass is 345 g/mol. The van der Waals surface area contributed by atoms with Crippen molar-refractivity contribution in [2.24, 2.45) is 0 Å². The molecule has 0 radical (unpaired) electrons. The average molecular weight is 345 g/mol. The number of halogens is 3. The van der Waals surface area contributed by atoms with E-state index in [-0.39, 0.29) is 31.2 Å². The predicted molar refractivity (Wildman–Crippen MR) is 78.4 cm³/mol. The second-order valence-corrected chi connectivity index (χ2v) is 5.57. The molecule has 1 aliphatic heterocycles. The third-order valence-corrected chi connectivity index (χ3v) is 3.98. The highest BCUT2D eigenvalue weighted by molar-refractivity contribution is 5.84. The van der Waals surface area contributed by atoms with Crippen molar-refractivity contribution >= 4 is 11.9 Å². The summed E-state index contributed by atoms with van der Waals surface area (Å²) in [4.78, 5) is 25.0. The number of amides is 1. The number of carbonyl (C=O) groups excluding carboxylic acids is 1. The zero-order valence-electron chi connectivity index (χ0n) is 13.0. The van der Waals surface area contributed by atoms with Crippen molar-refractivity contribution in [2.45, 2.75) is 31.5 Å². The Hall–Kier alpha value is -2.09. The van der Waals surface area contributed by atoms with Gasteiger partial charge in [-0.1, -0.05) is 25.1 Å². The van der Waals surface area contributed by atoms with Gasteiger partial charge >= 0.3 is 12.1 Å². The average Bonchev–Trinajstić information content (AvgIpc) is 2.55. The van der Waals surface area contributed by atoms with E-state index < -0.39 is 29.7 Å². The minimum atomic E-state index is -4.48. The van der Waals surface area contributed by atoms with E-state index in [4.69, 9.17) is 9.84 Å². The van der Waals surface area contributed by atoms with Gasteiger partial charge in [-0.2, -0.15) is 13.2 Å². The Bertz CT molecular complexity index is 618. The number of ether oxygens (including phenoxy) is 1. The minimum absolute atomic E-state index is 0.0851. The van der Waals surface area contributed by atoms with E-state index >= 15 is 0 Å². The molecule has 0 spiro atoms. The molecular weight excluding hydrogens is 327 g/mol. The van der Waals surface area contributed by atoms with E-state index in [1.54, 1.807) is 6.92 Å². The van der Waals surface area contributed by atoms with Crippen molar-refractivity contribution in [3.8, 4) is 0 Å². The van der Waals surface area contributed by atoms with Gasteiger partial charge in [-0.25, -0.2) is 4.79 Å². The Morgan fingerprint density at radius 3 is 2.71 bits per heavy atom. The lowest BCUT2D eigenvalue weighted by Gasteiger charge is -2.33. The first-order valence-corrected chi connectivity index (χ1v) is 7.54. The zero-order chi connectivity index (χ0) is 17.9. The third-order valence-electron chi connectivity index (χ3n) is 3.98. The number of alkyl halides is 3. The summed E-state index contributed by atoms with van der Waals surface area (Å²) in [6.45, 7) is 1.90. The molecule has 1 heterocycles. The topological polar surface area (TPSA) is 66.8 Å². The molecule has 2 rings (SSSR count). The Morgan fingerprint density at radius 1 is 1.42 bits per heavy atom. The Balaban J connectivity index is 2.21. The summed E-state index contributed by atoms with van der Waals surface area (Å²) in [5.74, 6) is -2.30. The highest BCUT2D eigenvalue weighted by Gasteiger charge is 2.34. The minimum Gasteiger partial charge on any atom is -0.479 e. The molecule has 24 heavy (non-hydrogen) atoms. The van der Waals surface area contributed by atoms with Gasteiger partial charge in [0.1, 0.15) is 0 Å². The highest BCUT2D eigenvalue weighted by atomic mass is 19.4. The molecule has 1 N–H and O–H groups in total. The van der Waals surface area contributed by atoms with E-state index in [9.17, 15) is 22.8 Å². The fourth-order valence-electron chi connectivity index (χ4n) is 2.70. The molecule has 0 aromatic heterocycles. The van der Waals surface area contributed by atoms with Gasteiger partial charge in [0.05, 0.1) is 24.6 Å². The normalized spacial score (nSPS) is 19.8. The number of nitrogens with zero attached hydrogens (tertiary/aromatic N) is 1. The molecule has 2 atom stereocenters. The lowest BCUT2D eigenvalue weighted by atomic mass is 9.93. The number of benzene rings is 1. The molecule has 132 valence electrons. The summed E-state index contributed by atoms with van der Waals surface area (Å²) in [7, 11) is 0. The molecular formula is C16H18F3NO4. The number of carbonyl (C=O) groups is 2. The maximum absolute atomic E-state index is 12.9. The van der Waals surface area contributed by atoms with Crippen LogP contribution in [0.25, 0.3) is 0 Å². The van der Waals surface area contributed by atoms with E-state index in [1.807, 2.05) is 0 Å². The van der Waals surface area contributed by atoms with Crippen molar-refractivity contribution < 1.29 is 32.6 Å². The van der Waals surface area contributed by atoms with Crippen LogP contribution in [0.15, 0.2) is 24.3 Å². The summed E-state index contributed by atoms with van der Waals surface area (Å²) >= 11 is 0. The van der Waals surface area contributed by atoms with Gasteiger partial charge < -0.3 is 14.7 Å². The number of aliphatic carboxylic acids is 1. The van der Waals surface area contributed by atoms with Gasteiger partial charge in [-0.05, 0) is 18.1 Å². The molecule has 0 bridgehead atoms. The van der Waals surface area contributed by atoms with Crippen molar-refractivity contribution in [2.75, 3.05) is 19.7 Å². The van der Waals surface area contributed by atoms with Crippen LogP contribution in [0.3, 0.4) is 0 Å². The molecule has 1 saturated heterocycles. The van der Waals surface area contributed by atoms with Gasteiger partial charge in [-0.3, -0.25) is 4.79 Å². The van der Waals surface area contributed by atoms with Gasteiger partial charge in [0.15, 0.2) is 6.10 Å². The van der Waals surface area contributed by atoms with Crippen LogP contribution in [-0.4, -0.2) is 47.7 Å². The molecule has 1 aromatic carbocycles. The molecule has 5 nitrogen and oxygen atoms in total. The molecule has 1 aliphatic rings. The van der Waals surface area contributed by atoms with Gasteiger partial charge in [0, 0.05) is 6.54 Å². The molecule has 0 unspecified atom stereocenters. The third kappa shape index (κ3) is 4.05. The number of rotatable bonds is 4. The van der Waals surface area contributed by atoms with Crippen molar-refractivity contribution in [1.29, 1.82) is 0 Å². The first-order chi connectivity index (χ1) is 11.2. The fourth-order valence-corrected chi connectivity index (χ4v) is 2.70. The molecule has 1 fully saturated rings. The lowest BCUT2D eigenvalue weighted by Crippen LogP contribution is -2.49. The predicted octanol–water partition coefficient (Wildman–Crippen LogP) is 2.51. The Kier molecular flexibility index (Phi) is 5.48. The zero-order valence-corrected chi connectivity index (χ0v) is 13.0. The van der Waals surface area contributed by atoms with Crippen molar-refractivity contribution in [1.82, 2.24) is 4.90 Å². The molecule has 1 aromatic rings. The van der Waals surface area contributed by atoms with Crippen LogP contribution in [-0.2, 0) is 20.5 Å². The standard InChI is InChI=1S/C16H18F3NO4/c1-2-12(10-4-3-5-11(8-10)16(17,18)19)14(21)20-6-7-24-13(9-20)15(22)23/h3-5,8,12-13H,2,6-7,9H2,1H3,(H,22,23)/t12-,13+/m0/s1. The molecule has 8 heteroatoms. The smallest absolute Gasteiger partial charge is 0.416 e. The van der Waals surface area contributed by atoms with E-state index in [0.29, 0.717) is 6.42 Å². The van der Waals surface area contributed by atoms with Gasteiger partial charge in [0.25, 0.3) is 0 Å². The van der Waals surface area contributed by atoms with Crippen LogP contribution >= 0.6 is 0 Å². The summed E-state index contributed by atoms with van der Waals surface area (Å²) in [5.41, 5.74) is -0.535. The Morgan fingerprint density at radius 2 is 2.12 bits per heavy atom. The summed E-state index contributed by atoms with van der Waals surface area (Å²) in [5, 5.41) is 8.99. The van der Waals surface area contributed by atoms with E-state index in [0.717, 1.165) is 12.1 Å². The number of hydrogen-bond acceptors (Lipinski definition) is 3. The maximum atomic E-state index is 12.9. The molecule has 1 amide bonds. The fraction of sp³-hybridized carbons (Fsp3) is 0.500. The van der Waals surface area contributed by atoms with E-state index in [2.05, 4.69) is 0 Å². The SMILES string of the molecule is CC[C@H](C(=O)N1CCO[C@@H](C(=O)O)C1)c1cccc(C(F)(F)F)c1. The van der Waals surface area contributed by atoms with Crippen LogP contribution < -0.4 is 0 Å². The van der Waals surface area contributed by atoms with Gasteiger partial charge in [0.2, 0.25) is 5.91 Å². The first kappa shape index (κ1) is 18.3. The number of morpholine rings is 1. The molecule has 0 saturated carbocycles. The second-order valence-electron chi connectivity index (χ2n) is 5.57. The van der Waals surface area contributed by atoms with Crippen molar-refractivity contribution in [3.05, 3.63) is 35.4 Å². The number of hydrogen-bond donors (Lipinski definition) is 1. The summed E-state index contributed by atoms with van der Waals surface area (Å²) in [6, 6.07) is 4.68. The lowest BCUT2D eigenvalue weighted by molar-refractivity contribution is -0.159. The van der Waals surface area contributed by atoms with Gasteiger partial charge in [-0.15, -0.1) is 0 Å². The molecule has 0 aliphatic carbocycles. The van der Waals surface area contributed by atoms with Crippen LogP contribution in [0.2, 0.25) is 0 Å². The van der Waals surface area contributed by atoms with Crippen molar-refractivity contribution in [3.63, 3.8) is 0 Å². The number of carboxylic acids is 1. The summed E-state index contributed by atoms with van der Waals surface area (Å²) in [6.07, 6.45) is -5.28. The van der Waals surface area contributed by atoms with Crippen LogP contribution in [0.5, 0.6) is 0 Å². The first-order valence-electron chi connectivity index (χ1n) is 7.54. The second kappa shape index (κ2) is 7.21. The van der Waals surface area contributed by atoms with Crippen LogP contribution in [0.1, 0.15) is 30.4 Å². The summed E-state index contributed by atoms with van der Waals surface area (Å²) < 4.78 is 43.6.